The first-order chi connectivity index (χ1) is 10.4. The van der Waals surface area contributed by atoms with Crippen molar-refractivity contribution in [3.63, 3.8) is 0 Å². The third-order valence-electron chi connectivity index (χ3n) is 3.46. The van der Waals surface area contributed by atoms with Crippen LogP contribution in [0.4, 0.5) is 5.69 Å². The Morgan fingerprint density at radius 2 is 2.05 bits per heavy atom. The summed E-state index contributed by atoms with van der Waals surface area (Å²) in [4.78, 5) is 0.0225. The number of rotatable bonds is 4. The first-order valence-electron chi connectivity index (χ1n) is 6.72. The molecular formula is C13H15N5O3S. The summed E-state index contributed by atoms with van der Waals surface area (Å²) in [5.41, 5.74) is 2.45. The molecule has 0 aliphatic rings. The monoisotopic (exact) mass is 321 g/mol. The zero-order chi connectivity index (χ0) is 15.9. The van der Waals surface area contributed by atoms with Crippen LogP contribution < -0.4 is 4.72 Å². The summed E-state index contributed by atoms with van der Waals surface area (Å²) in [5.74, 6) is 0. The van der Waals surface area contributed by atoms with E-state index in [4.69, 9.17) is 0 Å². The van der Waals surface area contributed by atoms with Crippen LogP contribution in [0.5, 0.6) is 0 Å². The Hall–Kier alpha value is -2.42. The Morgan fingerprint density at radius 1 is 1.27 bits per heavy atom. The van der Waals surface area contributed by atoms with Crippen LogP contribution in [-0.2, 0) is 16.6 Å². The van der Waals surface area contributed by atoms with E-state index in [9.17, 15) is 8.42 Å². The fraction of sp³-hybridized carbons (Fsp3) is 0.308. The molecule has 0 amide bonds. The van der Waals surface area contributed by atoms with Crippen LogP contribution in [0.3, 0.4) is 0 Å². The maximum Gasteiger partial charge on any atom is 0.264 e. The van der Waals surface area contributed by atoms with Crippen LogP contribution in [0.1, 0.15) is 18.3 Å². The van der Waals surface area contributed by atoms with Crippen molar-refractivity contribution in [3.8, 4) is 0 Å². The second-order valence-corrected chi connectivity index (χ2v) is 6.51. The summed E-state index contributed by atoms with van der Waals surface area (Å²) < 4.78 is 34.3. The van der Waals surface area contributed by atoms with Crippen LogP contribution >= 0.6 is 0 Å². The standard InChI is InChI=1S/C13H15N5O3S/c1-4-18-9(3)12(8(2)14-18)17-22(19,20)11-7-5-6-10-13(11)16-21-15-10/h5-7,17H,4H2,1-3H3. The Labute approximate surface area is 127 Å². The maximum absolute atomic E-state index is 12.7. The van der Waals surface area contributed by atoms with E-state index in [1.807, 2.05) is 13.8 Å². The van der Waals surface area contributed by atoms with Crippen LogP contribution in [-0.4, -0.2) is 28.5 Å². The average molecular weight is 321 g/mol. The number of aryl methyl sites for hydroxylation is 2. The normalized spacial score (nSPS) is 12.0. The summed E-state index contributed by atoms with van der Waals surface area (Å²) in [6.07, 6.45) is 0. The van der Waals surface area contributed by atoms with Gasteiger partial charge in [0.15, 0.2) is 5.52 Å². The van der Waals surface area contributed by atoms with Crippen molar-refractivity contribution in [1.29, 1.82) is 0 Å². The molecular weight excluding hydrogens is 306 g/mol. The molecule has 0 fully saturated rings. The number of fused-ring (bicyclic) bond motifs is 1. The lowest BCUT2D eigenvalue weighted by Gasteiger charge is -2.08. The number of hydrogen-bond acceptors (Lipinski definition) is 6. The summed E-state index contributed by atoms with van der Waals surface area (Å²) in [6, 6.07) is 4.69. The lowest BCUT2D eigenvalue weighted by atomic mass is 10.3. The number of nitrogens with zero attached hydrogens (tertiary/aromatic N) is 4. The van der Waals surface area contributed by atoms with Gasteiger partial charge in [0.1, 0.15) is 10.4 Å². The molecule has 2 aromatic heterocycles. The Balaban J connectivity index is 2.08. The zero-order valence-corrected chi connectivity index (χ0v) is 13.2. The van der Waals surface area contributed by atoms with Crippen LogP contribution in [0, 0.1) is 13.8 Å². The average Bonchev–Trinajstić information content (AvgIpc) is 3.06. The molecule has 0 atom stereocenters. The molecule has 0 spiro atoms. The van der Waals surface area contributed by atoms with Gasteiger partial charge in [-0.1, -0.05) is 6.07 Å². The second kappa shape index (κ2) is 5.09. The highest BCUT2D eigenvalue weighted by atomic mass is 32.2. The summed E-state index contributed by atoms with van der Waals surface area (Å²) >= 11 is 0. The number of benzene rings is 1. The predicted molar refractivity (Wildman–Crippen MR) is 80.0 cm³/mol. The van der Waals surface area contributed by atoms with Crippen LogP contribution in [0.2, 0.25) is 0 Å². The van der Waals surface area contributed by atoms with E-state index in [2.05, 4.69) is 24.8 Å². The van der Waals surface area contributed by atoms with E-state index in [1.165, 1.54) is 6.07 Å². The fourth-order valence-corrected chi connectivity index (χ4v) is 3.67. The van der Waals surface area contributed by atoms with Gasteiger partial charge < -0.3 is 0 Å². The van der Waals surface area contributed by atoms with Crippen LogP contribution in [0.15, 0.2) is 27.7 Å². The van der Waals surface area contributed by atoms with Gasteiger partial charge in [-0.05, 0) is 43.2 Å². The molecule has 8 nitrogen and oxygen atoms in total. The van der Waals surface area contributed by atoms with Gasteiger partial charge in [0.05, 0.1) is 17.1 Å². The van der Waals surface area contributed by atoms with Gasteiger partial charge in [-0.25, -0.2) is 13.0 Å². The van der Waals surface area contributed by atoms with Gasteiger partial charge in [0.2, 0.25) is 0 Å². The summed E-state index contributed by atoms with van der Waals surface area (Å²) in [5, 5.41) is 11.6. The molecule has 2 heterocycles. The van der Waals surface area contributed by atoms with E-state index < -0.39 is 10.0 Å². The van der Waals surface area contributed by atoms with E-state index in [0.717, 1.165) is 5.69 Å². The van der Waals surface area contributed by atoms with Gasteiger partial charge >= 0.3 is 0 Å². The quantitative estimate of drug-likeness (QED) is 0.786. The molecule has 0 aliphatic heterocycles. The molecule has 0 radical (unpaired) electrons. The molecule has 1 aromatic carbocycles. The van der Waals surface area contributed by atoms with Crippen molar-refractivity contribution in [1.82, 2.24) is 20.1 Å². The molecule has 0 bridgehead atoms. The molecule has 0 saturated carbocycles. The highest BCUT2D eigenvalue weighted by Gasteiger charge is 2.23. The summed E-state index contributed by atoms with van der Waals surface area (Å²) in [7, 11) is -3.82. The number of hydrogen-bond donors (Lipinski definition) is 1. The molecule has 1 N–H and O–H groups in total. The van der Waals surface area contributed by atoms with E-state index >= 15 is 0 Å². The van der Waals surface area contributed by atoms with Gasteiger partial charge in [-0.15, -0.1) is 0 Å². The molecule has 22 heavy (non-hydrogen) atoms. The van der Waals surface area contributed by atoms with E-state index in [1.54, 1.807) is 23.7 Å². The minimum absolute atomic E-state index is 0.0225. The fourth-order valence-electron chi connectivity index (χ4n) is 2.34. The van der Waals surface area contributed by atoms with E-state index in [-0.39, 0.29) is 10.4 Å². The number of anilines is 1. The lowest BCUT2D eigenvalue weighted by molar-refractivity contribution is 0.315. The Morgan fingerprint density at radius 3 is 2.73 bits per heavy atom. The minimum Gasteiger partial charge on any atom is -0.276 e. The van der Waals surface area contributed by atoms with Crippen molar-refractivity contribution < 1.29 is 13.0 Å². The number of aromatic nitrogens is 4. The minimum atomic E-state index is -3.82. The topological polar surface area (TPSA) is 103 Å². The van der Waals surface area contributed by atoms with Crippen molar-refractivity contribution in [2.45, 2.75) is 32.2 Å². The third-order valence-corrected chi connectivity index (χ3v) is 4.84. The van der Waals surface area contributed by atoms with Crippen molar-refractivity contribution in [2.75, 3.05) is 4.72 Å². The van der Waals surface area contributed by atoms with Crippen molar-refractivity contribution in [2.24, 2.45) is 0 Å². The van der Waals surface area contributed by atoms with Gasteiger partial charge in [0.25, 0.3) is 10.0 Å². The maximum atomic E-state index is 12.7. The third kappa shape index (κ3) is 2.23. The lowest BCUT2D eigenvalue weighted by Crippen LogP contribution is -2.14. The molecule has 116 valence electrons. The molecule has 0 unspecified atom stereocenters. The van der Waals surface area contributed by atoms with Gasteiger partial charge in [-0.2, -0.15) is 5.10 Å². The first-order valence-corrected chi connectivity index (χ1v) is 8.20. The molecule has 3 rings (SSSR count). The highest BCUT2D eigenvalue weighted by molar-refractivity contribution is 7.93. The van der Waals surface area contributed by atoms with E-state index in [0.29, 0.717) is 23.4 Å². The largest absolute Gasteiger partial charge is 0.276 e. The van der Waals surface area contributed by atoms with Crippen molar-refractivity contribution in [3.05, 3.63) is 29.6 Å². The smallest absolute Gasteiger partial charge is 0.264 e. The van der Waals surface area contributed by atoms with Gasteiger partial charge in [0, 0.05) is 6.54 Å². The molecule has 0 aliphatic carbocycles. The zero-order valence-electron chi connectivity index (χ0n) is 12.4. The van der Waals surface area contributed by atoms with Gasteiger partial charge in [-0.3, -0.25) is 9.40 Å². The molecule has 9 heteroatoms. The second-order valence-electron chi connectivity index (χ2n) is 4.86. The Bertz CT molecular complexity index is 942. The predicted octanol–water partition coefficient (Wildman–Crippen LogP) is 1.86. The summed E-state index contributed by atoms with van der Waals surface area (Å²) in [6.45, 7) is 6.19. The first kappa shape index (κ1) is 14.5. The highest BCUT2D eigenvalue weighted by Crippen LogP contribution is 2.26. The van der Waals surface area contributed by atoms with Crippen LogP contribution in [0.25, 0.3) is 11.0 Å². The number of sulfonamides is 1. The molecule has 3 aromatic rings. The van der Waals surface area contributed by atoms with Crippen molar-refractivity contribution >= 4 is 26.7 Å². The SMILES string of the molecule is CCn1nc(C)c(NS(=O)(=O)c2cccc3nonc23)c1C. The molecule has 0 saturated heterocycles. The Kier molecular flexibility index (Phi) is 3.36. The number of nitrogens with one attached hydrogen (secondary N) is 1.